The zero-order chi connectivity index (χ0) is 14.3. The van der Waals surface area contributed by atoms with Crippen molar-refractivity contribution < 1.29 is 19.4 Å². The first-order valence-corrected chi connectivity index (χ1v) is 6.88. The molecule has 1 aliphatic carbocycles. The standard InChI is InChI=1S/C13H24N2O4/c1-3-10-4-5-11(9(10)2)15-13(18)14-6-7-19-8-12(16)17/h9-11H,3-8H2,1-2H3,(H,16,17)(H2,14,15,18). The predicted molar refractivity (Wildman–Crippen MR) is 71.0 cm³/mol. The van der Waals surface area contributed by atoms with Gasteiger partial charge < -0.3 is 20.5 Å². The minimum atomic E-state index is -1.00. The molecule has 0 aromatic heterocycles. The van der Waals surface area contributed by atoms with E-state index in [1.54, 1.807) is 0 Å². The highest BCUT2D eigenvalue weighted by atomic mass is 16.5. The minimum Gasteiger partial charge on any atom is -0.480 e. The van der Waals surface area contributed by atoms with Crippen LogP contribution in [0, 0.1) is 11.8 Å². The molecule has 3 atom stereocenters. The van der Waals surface area contributed by atoms with Crippen molar-refractivity contribution in [1.82, 2.24) is 10.6 Å². The molecular weight excluding hydrogens is 248 g/mol. The number of hydrogen-bond donors (Lipinski definition) is 3. The number of carboxylic acids is 1. The van der Waals surface area contributed by atoms with E-state index in [-0.39, 0.29) is 25.3 Å². The van der Waals surface area contributed by atoms with Crippen LogP contribution < -0.4 is 10.6 Å². The lowest BCUT2D eigenvalue weighted by Gasteiger charge is -2.21. The molecule has 1 rings (SSSR count). The van der Waals surface area contributed by atoms with Gasteiger partial charge in [0.2, 0.25) is 0 Å². The fourth-order valence-corrected chi connectivity index (χ4v) is 2.64. The van der Waals surface area contributed by atoms with Crippen LogP contribution in [0.3, 0.4) is 0 Å². The van der Waals surface area contributed by atoms with Crippen molar-refractivity contribution in [2.75, 3.05) is 19.8 Å². The van der Waals surface area contributed by atoms with Crippen LogP contribution in [0.1, 0.15) is 33.1 Å². The Kier molecular flexibility index (Phi) is 6.62. The summed E-state index contributed by atoms with van der Waals surface area (Å²) < 4.78 is 4.83. The highest BCUT2D eigenvalue weighted by Crippen LogP contribution is 2.33. The fraction of sp³-hybridized carbons (Fsp3) is 0.846. The largest absolute Gasteiger partial charge is 0.480 e. The van der Waals surface area contributed by atoms with Crippen LogP contribution in [0.5, 0.6) is 0 Å². The van der Waals surface area contributed by atoms with E-state index in [0.29, 0.717) is 18.4 Å². The Morgan fingerprint density at radius 3 is 2.68 bits per heavy atom. The molecule has 3 N–H and O–H groups in total. The average molecular weight is 272 g/mol. The van der Waals surface area contributed by atoms with Crippen LogP contribution >= 0.6 is 0 Å². The highest BCUT2D eigenvalue weighted by molar-refractivity contribution is 5.74. The first-order valence-electron chi connectivity index (χ1n) is 6.88. The third-order valence-electron chi connectivity index (χ3n) is 3.83. The van der Waals surface area contributed by atoms with Crippen molar-refractivity contribution in [3.63, 3.8) is 0 Å². The second kappa shape index (κ2) is 7.99. The lowest BCUT2D eigenvalue weighted by molar-refractivity contribution is -0.142. The van der Waals surface area contributed by atoms with Gasteiger partial charge in [0.1, 0.15) is 6.61 Å². The third kappa shape index (κ3) is 5.46. The smallest absolute Gasteiger partial charge is 0.329 e. The van der Waals surface area contributed by atoms with Gasteiger partial charge >= 0.3 is 12.0 Å². The maximum absolute atomic E-state index is 11.6. The first kappa shape index (κ1) is 15.8. The molecule has 1 aliphatic rings. The second-order valence-electron chi connectivity index (χ2n) is 5.06. The molecule has 6 nitrogen and oxygen atoms in total. The summed E-state index contributed by atoms with van der Waals surface area (Å²) in [5.74, 6) is 0.207. The van der Waals surface area contributed by atoms with Gasteiger partial charge in [-0.3, -0.25) is 0 Å². The molecule has 0 bridgehead atoms. The molecule has 0 aromatic carbocycles. The molecule has 0 radical (unpaired) electrons. The van der Waals surface area contributed by atoms with E-state index in [1.807, 2.05) is 0 Å². The molecule has 0 saturated heterocycles. The molecule has 0 aliphatic heterocycles. The maximum Gasteiger partial charge on any atom is 0.329 e. The van der Waals surface area contributed by atoms with Gasteiger partial charge in [-0.2, -0.15) is 0 Å². The SMILES string of the molecule is CCC1CCC(NC(=O)NCCOCC(=O)O)C1C. The number of carbonyl (C=O) groups is 2. The Hall–Kier alpha value is -1.30. The molecule has 2 amide bonds. The Morgan fingerprint density at radius 2 is 2.11 bits per heavy atom. The topological polar surface area (TPSA) is 87.7 Å². The van der Waals surface area contributed by atoms with Crippen LogP contribution in [-0.2, 0) is 9.53 Å². The van der Waals surface area contributed by atoms with Crippen molar-refractivity contribution >= 4 is 12.0 Å². The number of ether oxygens (including phenoxy) is 1. The van der Waals surface area contributed by atoms with Crippen LogP contribution in [0.2, 0.25) is 0 Å². The summed E-state index contributed by atoms with van der Waals surface area (Å²) in [6, 6.07) is 0.0393. The molecule has 0 aromatic rings. The van der Waals surface area contributed by atoms with Crippen molar-refractivity contribution in [2.45, 2.75) is 39.2 Å². The van der Waals surface area contributed by atoms with E-state index < -0.39 is 5.97 Å². The summed E-state index contributed by atoms with van der Waals surface area (Å²) in [7, 11) is 0. The Labute approximate surface area is 113 Å². The van der Waals surface area contributed by atoms with Crippen molar-refractivity contribution in [3.8, 4) is 0 Å². The van der Waals surface area contributed by atoms with Crippen LogP contribution in [-0.4, -0.2) is 42.9 Å². The zero-order valence-electron chi connectivity index (χ0n) is 11.6. The normalized spacial score (nSPS) is 26.1. The predicted octanol–water partition coefficient (Wildman–Crippen LogP) is 1.21. The summed E-state index contributed by atoms with van der Waals surface area (Å²) in [5.41, 5.74) is 0. The number of amides is 2. The molecule has 1 saturated carbocycles. The zero-order valence-corrected chi connectivity index (χ0v) is 11.6. The quantitative estimate of drug-likeness (QED) is 0.608. The summed E-state index contributed by atoms with van der Waals surface area (Å²) in [6.07, 6.45) is 3.36. The van der Waals surface area contributed by atoms with E-state index in [0.717, 1.165) is 12.8 Å². The van der Waals surface area contributed by atoms with Gasteiger partial charge in [-0.15, -0.1) is 0 Å². The van der Waals surface area contributed by atoms with Gasteiger partial charge in [0.05, 0.1) is 6.61 Å². The Bertz CT molecular complexity index is 309. The molecule has 110 valence electrons. The molecule has 3 unspecified atom stereocenters. The van der Waals surface area contributed by atoms with E-state index in [9.17, 15) is 9.59 Å². The Morgan fingerprint density at radius 1 is 1.37 bits per heavy atom. The summed E-state index contributed by atoms with van der Waals surface area (Å²) >= 11 is 0. The number of hydrogen-bond acceptors (Lipinski definition) is 3. The number of urea groups is 1. The van der Waals surface area contributed by atoms with E-state index >= 15 is 0 Å². The highest BCUT2D eigenvalue weighted by Gasteiger charge is 2.32. The number of carbonyl (C=O) groups excluding carboxylic acids is 1. The molecule has 0 spiro atoms. The van der Waals surface area contributed by atoms with Gasteiger partial charge in [-0.25, -0.2) is 9.59 Å². The monoisotopic (exact) mass is 272 g/mol. The molecule has 1 fully saturated rings. The lowest BCUT2D eigenvalue weighted by atomic mass is 9.94. The Balaban J connectivity index is 2.13. The number of rotatable bonds is 7. The summed E-state index contributed by atoms with van der Waals surface area (Å²) in [4.78, 5) is 21.8. The summed E-state index contributed by atoms with van der Waals surface area (Å²) in [5, 5.41) is 14.0. The van der Waals surface area contributed by atoms with Gasteiger partial charge in [0, 0.05) is 12.6 Å². The molecule has 19 heavy (non-hydrogen) atoms. The second-order valence-corrected chi connectivity index (χ2v) is 5.06. The van der Waals surface area contributed by atoms with Crippen LogP contribution in [0.25, 0.3) is 0 Å². The molecule has 0 heterocycles. The number of carboxylic acid groups (broad SMARTS) is 1. The van der Waals surface area contributed by atoms with Crippen LogP contribution in [0.4, 0.5) is 4.79 Å². The van der Waals surface area contributed by atoms with E-state index in [1.165, 1.54) is 6.42 Å². The average Bonchev–Trinajstić information content (AvgIpc) is 2.69. The van der Waals surface area contributed by atoms with Gasteiger partial charge in [0.15, 0.2) is 0 Å². The minimum absolute atomic E-state index is 0.201. The van der Waals surface area contributed by atoms with Gasteiger partial charge in [-0.1, -0.05) is 20.3 Å². The van der Waals surface area contributed by atoms with Gasteiger partial charge in [0.25, 0.3) is 0 Å². The van der Waals surface area contributed by atoms with Crippen molar-refractivity contribution in [1.29, 1.82) is 0 Å². The molecule has 6 heteroatoms. The fourth-order valence-electron chi connectivity index (χ4n) is 2.64. The van der Waals surface area contributed by atoms with E-state index in [2.05, 4.69) is 24.5 Å². The lowest BCUT2D eigenvalue weighted by Crippen LogP contribution is -2.44. The van der Waals surface area contributed by atoms with Gasteiger partial charge in [-0.05, 0) is 24.7 Å². The third-order valence-corrected chi connectivity index (χ3v) is 3.83. The first-order chi connectivity index (χ1) is 9.04. The number of nitrogens with one attached hydrogen (secondary N) is 2. The number of aliphatic carboxylic acids is 1. The molecular formula is C13H24N2O4. The summed E-state index contributed by atoms with van der Waals surface area (Å²) in [6.45, 7) is 4.56. The van der Waals surface area contributed by atoms with Crippen molar-refractivity contribution in [2.24, 2.45) is 11.8 Å². The van der Waals surface area contributed by atoms with Crippen LogP contribution in [0.15, 0.2) is 0 Å². The van der Waals surface area contributed by atoms with E-state index in [4.69, 9.17) is 9.84 Å². The van der Waals surface area contributed by atoms with Crippen molar-refractivity contribution in [3.05, 3.63) is 0 Å². The maximum atomic E-state index is 11.6.